The number of alkyl halides is 2. The first-order chi connectivity index (χ1) is 12.4. The molecule has 0 saturated carbocycles. The molecule has 1 atom stereocenters. The number of benzene rings is 2. The third-order valence-corrected chi connectivity index (χ3v) is 5.08. The predicted molar refractivity (Wildman–Crippen MR) is 96.0 cm³/mol. The molecule has 9 heteroatoms. The van der Waals surface area contributed by atoms with E-state index in [1.54, 1.807) is 6.07 Å². The molecule has 1 unspecified atom stereocenters. The second-order valence-electron chi connectivity index (χ2n) is 5.37. The zero-order chi connectivity index (χ0) is 18.7. The van der Waals surface area contributed by atoms with Crippen molar-refractivity contribution in [3.63, 3.8) is 0 Å². The number of rotatable bonds is 5. The second kappa shape index (κ2) is 7.92. The van der Waals surface area contributed by atoms with Crippen molar-refractivity contribution in [3.05, 3.63) is 47.5 Å². The summed E-state index contributed by atoms with van der Waals surface area (Å²) < 4.78 is 28.7. The summed E-state index contributed by atoms with van der Waals surface area (Å²) in [7, 11) is 0. The van der Waals surface area contributed by atoms with Gasteiger partial charge in [0.25, 0.3) is 0 Å². The molecule has 136 valence electrons. The number of para-hydroxylation sites is 1. The van der Waals surface area contributed by atoms with Gasteiger partial charge in [0.2, 0.25) is 11.8 Å². The van der Waals surface area contributed by atoms with Crippen molar-refractivity contribution in [2.24, 2.45) is 0 Å². The highest BCUT2D eigenvalue weighted by molar-refractivity contribution is 8.01. The Labute approximate surface area is 157 Å². The van der Waals surface area contributed by atoms with Crippen LogP contribution in [0.4, 0.5) is 20.2 Å². The standard InChI is InChI=1S/C17H13ClF2N2O3S/c18-10-7-9(5-6-12(10)25-17(19)20)21-15(23)8-14-16(24)22-11-3-1-2-4-13(11)26-14/h1-7,14,17H,8H2,(H,21,23)(H,22,24). The van der Waals surface area contributed by atoms with E-state index in [0.29, 0.717) is 5.69 Å². The summed E-state index contributed by atoms with van der Waals surface area (Å²) in [5, 5.41) is 4.74. The van der Waals surface area contributed by atoms with E-state index in [2.05, 4.69) is 15.4 Å². The average Bonchev–Trinajstić information content (AvgIpc) is 2.57. The molecule has 0 aliphatic carbocycles. The molecule has 0 saturated heterocycles. The average molecular weight is 399 g/mol. The van der Waals surface area contributed by atoms with Gasteiger partial charge in [0.05, 0.1) is 16.0 Å². The van der Waals surface area contributed by atoms with Crippen LogP contribution in [-0.4, -0.2) is 23.7 Å². The minimum Gasteiger partial charge on any atom is -0.433 e. The van der Waals surface area contributed by atoms with Gasteiger partial charge in [-0.2, -0.15) is 8.78 Å². The van der Waals surface area contributed by atoms with E-state index < -0.39 is 17.8 Å². The topological polar surface area (TPSA) is 67.4 Å². The fourth-order valence-electron chi connectivity index (χ4n) is 2.38. The Hall–Kier alpha value is -2.32. The molecular formula is C17H13ClF2N2O3S. The Balaban J connectivity index is 1.62. The lowest BCUT2D eigenvalue weighted by Crippen LogP contribution is -2.32. The van der Waals surface area contributed by atoms with E-state index in [4.69, 9.17) is 11.6 Å². The largest absolute Gasteiger partial charge is 0.433 e. The monoisotopic (exact) mass is 398 g/mol. The van der Waals surface area contributed by atoms with Crippen LogP contribution in [0.25, 0.3) is 0 Å². The Morgan fingerprint density at radius 1 is 1.31 bits per heavy atom. The summed E-state index contributed by atoms with van der Waals surface area (Å²) in [5.74, 6) is -0.823. The number of carbonyl (C=O) groups is 2. The van der Waals surface area contributed by atoms with Gasteiger partial charge < -0.3 is 15.4 Å². The Bertz CT molecular complexity index is 851. The van der Waals surface area contributed by atoms with Gasteiger partial charge >= 0.3 is 6.61 Å². The number of ether oxygens (including phenoxy) is 1. The summed E-state index contributed by atoms with van der Waals surface area (Å²) in [4.78, 5) is 25.2. The first-order valence-electron chi connectivity index (χ1n) is 7.53. The van der Waals surface area contributed by atoms with Crippen molar-refractivity contribution < 1.29 is 23.1 Å². The molecule has 5 nitrogen and oxygen atoms in total. The van der Waals surface area contributed by atoms with Gasteiger partial charge in [0, 0.05) is 17.0 Å². The molecule has 0 aromatic heterocycles. The quantitative estimate of drug-likeness (QED) is 0.784. The molecule has 1 aliphatic heterocycles. The number of halogens is 3. The van der Waals surface area contributed by atoms with E-state index in [9.17, 15) is 18.4 Å². The summed E-state index contributed by atoms with van der Waals surface area (Å²) in [6.07, 6.45) is -0.0439. The van der Waals surface area contributed by atoms with Gasteiger partial charge in [-0.1, -0.05) is 23.7 Å². The first kappa shape index (κ1) is 18.5. The molecule has 26 heavy (non-hydrogen) atoms. The highest BCUT2D eigenvalue weighted by Gasteiger charge is 2.28. The number of carbonyl (C=O) groups excluding carboxylic acids is 2. The number of nitrogens with one attached hydrogen (secondary N) is 2. The van der Waals surface area contributed by atoms with Crippen molar-refractivity contribution in [1.82, 2.24) is 0 Å². The van der Waals surface area contributed by atoms with E-state index >= 15 is 0 Å². The molecule has 0 spiro atoms. The number of hydrogen-bond acceptors (Lipinski definition) is 4. The second-order valence-corrected chi connectivity index (χ2v) is 7.02. The van der Waals surface area contributed by atoms with Crippen molar-refractivity contribution in [3.8, 4) is 5.75 Å². The van der Waals surface area contributed by atoms with Gasteiger partial charge in [-0.15, -0.1) is 11.8 Å². The molecule has 0 radical (unpaired) electrons. The normalized spacial score (nSPS) is 16.0. The molecule has 0 fully saturated rings. The Morgan fingerprint density at radius 3 is 2.81 bits per heavy atom. The fourth-order valence-corrected chi connectivity index (χ4v) is 3.71. The number of anilines is 2. The van der Waals surface area contributed by atoms with Crippen LogP contribution in [0.1, 0.15) is 6.42 Å². The van der Waals surface area contributed by atoms with Gasteiger partial charge in [-0.3, -0.25) is 9.59 Å². The maximum absolute atomic E-state index is 12.2. The third kappa shape index (κ3) is 4.44. The molecule has 2 aromatic rings. The van der Waals surface area contributed by atoms with Crippen LogP contribution in [0.3, 0.4) is 0 Å². The van der Waals surface area contributed by atoms with Gasteiger partial charge in [0.1, 0.15) is 5.75 Å². The summed E-state index contributed by atoms with van der Waals surface area (Å²) in [6, 6.07) is 11.3. The van der Waals surface area contributed by atoms with E-state index in [1.807, 2.05) is 18.2 Å². The van der Waals surface area contributed by atoms with Gasteiger partial charge in [0.15, 0.2) is 0 Å². The van der Waals surface area contributed by atoms with Crippen molar-refractivity contribution in [2.45, 2.75) is 23.2 Å². The maximum atomic E-state index is 12.2. The predicted octanol–water partition coefficient (Wildman–Crippen LogP) is 4.38. The molecule has 0 bridgehead atoms. The number of hydrogen-bond donors (Lipinski definition) is 2. The van der Waals surface area contributed by atoms with E-state index in [-0.39, 0.29) is 23.1 Å². The maximum Gasteiger partial charge on any atom is 0.387 e. The van der Waals surface area contributed by atoms with Gasteiger partial charge in [-0.05, 0) is 30.3 Å². The van der Waals surface area contributed by atoms with Crippen LogP contribution in [0, 0.1) is 0 Å². The zero-order valence-corrected chi connectivity index (χ0v) is 14.7. The summed E-state index contributed by atoms with van der Waals surface area (Å²) in [5.41, 5.74) is 1.05. The smallest absolute Gasteiger partial charge is 0.387 e. The lowest BCUT2D eigenvalue weighted by atomic mass is 10.2. The molecule has 3 rings (SSSR count). The Kier molecular flexibility index (Phi) is 5.63. The van der Waals surface area contributed by atoms with Crippen molar-refractivity contribution in [2.75, 3.05) is 10.6 Å². The minimum absolute atomic E-state index is 0.0439. The lowest BCUT2D eigenvalue weighted by Gasteiger charge is -2.23. The zero-order valence-electron chi connectivity index (χ0n) is 13.2. The van der Waals surface area contributed by atoms with Crippen LogP contribution >= 0.6 is 23.4 Å². The van der Waals surface area contributed by atoms with Crippen LogP contribution < -0.4 is 15.4 Å². The van der Waals surface area contributed by atoms with Gasteiger partial charge in [-0.25, -0.2) is 0 Å². The van der Waals surface area contributed by atoms with Crippen LogP contribution in [0.15, 0.2) is 47.4 Å². The Morgan fingerprint density at radius 2 is 2.08 bits per heavy atom. The van der Waals surface area contributed by atoms with Crippen molar-refractivity contribution in [1.29, 1.82) is 0 Å². The SMILES string of the molecule is O=C(CC1Sc2ccccc2NC1=O)Nc1ccc(OC(F)F)c(Cl)c1. The van der Waals surface area contributed by atoms with Crippen molar-refractivity contribution >= 4 is 46.6 Å². The molecule has 2 aromatic carbocycles. The highest BCUT2D eigenvalue weighted by Crippen LogP contribution is 2.37. The van der Waals surface area contributed by atoms with E-state index in [0.717, 1.165) is 10.6 Å². The number of amides is 2. The third-order valence-electron chi connectivity index (χ3n) is 3.51. The molecular weight excluding hydrogens is 386 g/mol. The van der Waals surface area contributed by atoms with Crippen LogP contribution in [0.5, 0.6) is 5.75 Å². The minimum atomic E-state index is -2.99. The highest BCUT2D eigenvalue weighted by atomic mass is 35.5. The molecule has 1 heterocycles. The summed E-state index contributed by atoms with van der Waals surface area (Å²) in [6.45, 7) is -2.99. The van der Waals surface area contributed by atoms with E-state index in [1.165, 1.54) is 30.0 Å². The van der Waals surface area contributed by atoms with Crippen LogP contribution in [-0.2, 0) is 9.59 Å². The molecule has 1 aliphatic rings. The molecule has 2 amide bonds. The van der Waals surface area contributed by atoms with Crippen LogP contribution in [0.2, 0.25) is 5.02 Å². The fraction of sp³-hybridized carbons (Fsp3) is 0.176. The number of fused-ring (bicyclic) bond motifs is 1. The first-order valence-corrected chi connectivity index (χ1v) is 8.79. The number of thioether (sulfide) groups is 1. The summed E-state index contributed by atoms with van der Waals surface area (Å²) >= 11 is 7.16. The molecule has 2 N–H and O–H groups in total. The lowest BCUT2D eigenvalue weighted by molar-refractivity contribution is -0.120.